The van der Waals surface area contributed by atoms with E-state index >= 15 is 0 Å². The molecule has 0 aromatic heterocycles. The third-order valence-electron chi connectivity index (χ3n) is 5.10. The van der Waals surface area contributed by atoms with E-state index in [2.05, 4.69) is 5.32 Å². The first-order chi connectivity index (χ1) is 14.2. The number of benzene rings is 1. The summed E-state index contributed by atoms with van der Waals surface area (Å²) in [6.45, 7) is 9.91. The number of nitrogens with zero attached hydrogens (tertiary/aromatic N) is 1. The average molecular weight is 423 g/mol. The molecule has 1 heterocycles. The number of carbonyl (C=O) groups excluding carboxylic acids is 2. The van der Waals surface area contributed by atoms with Gasteiger partial charge in [0.25, 0.3) is 0 Å². The second kappa shape index (κ2) is 10.1. The summed E-state index contributed by atoms with van der Waals surface area (Å²) < 4.78 is 25.1. The van der Waals surface area contributed by atoms with Crippen molar-refractivity contribution in [2.24, 2.45) is 5.92 Å². The highest BCUT2D eigenvalue weighted by molar-refractivity contribution is 5.69. The van der Waals surface area contributed by atoms with E-state index in [0.717, 1.165) is 18.4 Å². The van der Waals surface area contributed by atoms with E-state index in [0.29, 0.717) is 13.0 Å². The number of hydrogen-bond donors (Lipinski definition) is 1. The molecule has 1 saturated carbocycles. The fourth-order valence-corrected chi connectivity index (χ4v) is 3.54. The normalized spacial score (nSPS) is 21.9. The van der Waals surface area contributed by atoms with Crippen molar-refractivity contribution < 1.29 is 23.5 Å². The van der Waals surface area contributed by atoms with E-state index in [-0.39, 0.29) is 19.1 Å². The molecule has 2 atom stereocenters. The Balaban J connectivity index is 0.00000155. The van der Waals surface area contributed by atoms with E-state index in [9.17, 15) is 14.0 Å². The van der Waals surface area contributed by atoms with E-state index < -0.39 is 29.5 Å². The largest absolute Gasteiger partial charge is 0.445 e. The average Bonchev–Trinajstić information content (AvgIpc) is 3.34. The lowest BCUT2D eigenvalue weighted by Gasteiger charge is -2.25. The molecule has 3 rings (SSSR count). The lowest BCUT2D eigenvalue weighted by molar-refractivity contribution is 0.0483. The Morgan fingerprint density at radius 3 is 2.37 bits per heavy atom. The first-order valence-electron chi connectivity index (χ1n) is 10.8. The van der Waals surface area contributed by atoms with Crippen molar-refractivity contribution in [1.82, 2.24) is 10.2 Å². The Kier molecular flexibility index (Phi) is 8.10. The summed E-state index contributed by atoms with van der Waals surface area (Å²) in [5.41, 5.74) is -0.0987. The molecule has 2 fully saturated rings. The molecule has 1 aliphatic heterocycles. The number of nitrogens with one attached hydrogen (secondary N) is 1. The number of alkyl carbamates (subject to hydrolysis) is 1. The summed E-state index contributed by atoms with van der Waals surface area (Å²) in [5, 5.41) is 2.90. The number of halogens is 1. The summed E-state index contributed by atoms with van der Waals surface area (Å²) in [4.78, 5) is 25.7. The molecular weight excluding hydrogens is 387 g/mol. The molecule has 0 radical (unpaired) electrons. The first-order valence-corrected chi connectivity index (χ1v) is 10.8. The van der Waals surface area contributed by atoms with Crippen LogP contribution in [0.4, 0.5) is 14.0 Å². The van der Waals surface area contributed by atoms with Crippen molar-refractivity contribution in [3.05, 3.63) is 35.9 Å². The van der Waals surface area contributed by atoms with Crippen LogP contribution in [0.15, 0.2) is 30.3 Å². The lowest BCUT2D eigenvalue weighted by Crippen LogP contribution is -2.42. The Morgan fingerprint density at radius 1 is 1.17 bits per heavy atom. The third-order valence-corrected chi connectivity index (χ3v) is 5.10. The van der Waals surface area contributed by atoms with Gasteiger partial charge >= 0.3 is 12.2 Å². The van der Waals surface area contributed by atoms with Crippen molar-refractivity contribution in [2.45, 2.75) is 77.8 Å². The lowest BCUT2D eigenvalue weighted by atomic mass is 9.96. The maximum Gasteiger partial charge on any atom is 0.410 e. The van der Waals surface area contributed by atoms with Crippen LogP contribution in [0.3, 0.4) is 0 Å². The minimum absolute atomic E-state index is 0.0286. The third kappa shape index (κ3) is 7.18. The van der Waals surface area contributed by atoms with Gasteiger partial charge in [-0.25, -0.2) is 14.0 Å². The maximum atomic E-state index is 14.5. The molecule has 1 saturated heterocycles. The van der Waals surface area contributed by atoms with Gasteiger partial charge in [-0.05, 0) is 45.6 Å². The molecule has 0 spiro atoms. The molecule has 30 heavy (non-hydrogen) atoms. The number of ether oxygens (including phenoxy) is 2. The Labute approximate surface area is 179 Å². The minimum Gasteiger partial charge on any atom is -0.445 e. The predicted molar refractivity (Wildman–Crippen MR) is 114 cm³/mol. The Morgan fingerprint density at radius 2 is 1.80 bits per heavy atom. The van der Waals surface area contributed by atoms with E-state index in [1.54, 1.807) is 20.8 Å². The van der Waals surface area contributed by atoms with E-state index in [1.807, 2.05) is 44.2 Å². The fraction of sp³-hybridized carbons (Fsp3) is 0.652. The highest BCUT2D eigenvalue weighted by Crippen LogP contribution is 2.43. The van der Waals surface area contributed by atoms with Crippen LogP contribution < -0.4 is 5.32 Å². The maximum absolute atomic E-state index is 14.5. The SMILES string of the molecule is CC.CC(C)(C)OC(=O)NC1(CC2CN(C(=O)OCc3ccccc3)CC2F)CC1. The van der Waals surface area contributed by atoms with Crippen LogP contribution in [0.1, 0.15) is 59.4 Å². The standard InChI is InChI=1S/C21H29FN2O4.C2H6/c1-20(2,3)28-18(25)23-21(9-10-21)11-16-12-24(13-17(16)22)19(26)27-14-15-7-5-4-6-8-15;1-2/h4-8,16-17H,9-14H2,1-3H3,(H,23,25);1-2H3. The molecule has 2 aliphatic rings. The summed E-state index contributed by atoms with van der Waals surface area (Å²) in [5.74, 6) is -0.318. The van der Waals surface area contributed by atoms with E-state index in [4.69, 9.17) is 9.47 Å². The monoisotopic (exact) mass is 422 g/mol. The Bertz CT molecular complexity index is 701. The topological polar surface area (TPSA) is 67.9 Å². The number of alkyl halides is 1. The van der Waals surface area contributed by atoms with Gasteiger partial charge in [0.1, 0.15) is 18.4 Å². The molecule has 0 bridgehead atoms. The van der Waals surface area contributed by atoms with Gasteiger partial charge in [-0.2, -0.15) is 0 Å². The highest BCUT2D eigenvalue weighted by Gasteiger charge is 2.50. The van der Waals surface area contributed by atoms with Gasteiger partial charge in [0.15, 0.2) is 0 Å². The highest BCUT2D eigenvalue weighted by atomic mass is 19.1. The van der Waals surface area contributed by atoms with Crippen LogP contribution in [0.5, 0.6) is 0 Å². The number of carbonyl (C=O) groups is 2. The fourth-order valence-electron chi connectivity index (χ4n) is 3.54. The number of likely N-dealkylation sites (tertiary alicyclic amines) is 1. The van der Waals surface area contributed by atoms with Gasteiger partial charge in [-0.15, -0.1) is 0 Å². The molecule has 1 aromatic carbocycles. The van der Waals surface area contributed by atoms with Gasteiger partial charge in [0, 0.05) is 18.0 Å². The second-order valence-corrected chi connectivity index (χ2v) is 8.83. The quantitative estimate of drug-likeness (QED) is 0.720. The summed E-state index contributed by atoms with van der Waals surface area (Å²) >= 11 is 0. The van der Waals surface area contributed by atoms with Gasteiger partial charge in [-0.1, -0.05) is 44.2 Å². The van der Waals surface area contributed by atoms with Gasteiger partial charge in [-0.3, -0.25) is 0 Å². The van der Waals surface area contributed by atoms with Crippen LogP contribution in [-0.4, -0.2) is 47.5 Å². The van der Waals surface area contributed by atoms with Crippen molar-refractivity contribution >= 4 is 12.2 Å². The van der Waals surface area contributed by atoms with Crippen LogP contribution in [0.2, 0.25) is 0 Å². The predicted octanol–water partition coefficient (Wildman–Crippen LogP) is 5.07. The zero-order valence-electron chi connectivity index (χ0n) is 18.7. The number of rotatable bonds is 5. The number of amides is 2. The second-order valence-electron chi connectivity index (χ2n) is 8.83. The zero-order chi connectivity index (χ0) is 22.4. The molecule has 6 nitrogen and oxygen atoms in total. The number of hydrogen-bond acceptors (Lipinski definition) is 4. The van der Waals surface area contributed by atoms with Crippen molar-refractivity contribution in [2.75, 3.05) is 13.1 Å². The molecule has 2 amide bonds. The summed E-state index contributed by atoms with van der Waals surface area (Å²) in [6, 6.07) is 9.39. The molecule has 2 unspecified atom stereocenters. The zero-order valence-corrected chi connectivity index (χ0v) is 18.7. The molecule has 168 valence electrons. The Hall–Kier alpha value is -2.31. The molecular formula is C23H35FN2O4. The van der Waals surface area contributed by atoms with Crippen LogP contribution in [-0.2, 0) is 16.1 Å². The van der Waals surface area contributed by atoms with Gasteiger partial charge < -0.3 is 19.7 Å². The molecule has 1 N–H and O–H groups in total. The summed E-state index contributed by atoms with van der Waals surface area (Å²) in [6.07, 6.45) is -0.00351. The molecule has 1 aromatic rings. The summed E-state index contributed by atoms with van der Waals surface area (Å²) in [7, 11) is 0. The molecule has 1 aliphatic carbocycles. The van der Waals surface area contributed by atoms with Crippen molar-refractivity contribution in [3.63, 3.8) is 0 Å². The smallest absolute Gasteiger partial charge is 0.410 e. The minimum atomic E-state index is -1.12. The van der Waals surface area contributed by atoms with Crippen molar-refractivity contribution in [3.8, 4) is 0 Å². The van der Waals surface area contributed by atoms with Crippen LogP contribution >= 0.6 is 0 Å². The first kappa shape index (κ1) is 24.0. The van der Waals surface area contributed by atoms with Gasteiger partial charge in [0.2, 0.25) is 0 Å². The van der Waals surface area contributed by atoms with Crippen molar-refractivity contribution in [1.29, 1.82) is 0 Å². The van der Waals surface area contributed by atoms with Crippen LogP contribution in [0.25, 0.3) is 0 Å². The molecule has 7 heteroatoms. The van der Waals surface area contributed by atoms with Crippen LogP contribution in [0, 0.1) is 5.92 Å². The van der Waals surface area contributed by atoms with Gasteiger partial charge in [0.05, 0.1) is 6.54 Å². The van der Waals surface area contributed by atoms with E-state index in [1.165, 1.54) is 4.90 Å².